The first-order chi connectivity index (χ1) is 18.7. The molecule has 13 heteroatoms. The molecule has 10 nitrogen and oxygen atoms in total. The van der Waals surface area contributed by atoms with Crippen LogP contribution in [-0.4, -0.2) is 84.7 Å². The zero-order chi connectivity index (χ0) is 28.0. The van der Waals surface area contributed by atoms with Gasteiger partial charge in [-0.25, -0.2) is 19.9 Å². The molecule has 1 fully saturated rings. The number of alkyl halides is 3. The molecule has 3 heterocycles. The summed E-state index contributed by atoms with van der Waals surface area (Å²) >= 11 is 0. The Bertz CT molecular complexity index is 1220. The Labute approximate surface area is 224 Å². The third kappa shape index (κ3) is 7.31. The van der Waals surface area contributed by atoms with E-state index in [1.165, 1.54) is 0 Å². The molecule has 0 spiro atoms. The number of anilines is 3. The van der Waals surface area contributed by atoms with Gasteiger partial charge in [-0.05, 0) is 32.0 Å². The van der Waals surface area contributed by atoms with E-state index in [0.717, 1.165) is 25.2 Å². The maximum atomic E-state index is 13.0. The summed E-state index contributed by atoms with van der Waals surface area (Å²) in [6.45, 7) is 1.81. The van der Waals surface area contributed by atoms with E-state index in [2.05, 4.69) is 20.2 Å². The molecule has 0 radical (unpaired) electrons. The van der Waals surface area contributed by atoms with Crippen LogP contribution in [-0.2, 0) is 10.9 Å². The molecule has 1 atom stereocenters. The lowest BCUT2D eigenvalue weighted by Crippen LogP contribution is -2.37. The summed E-state index contributed by atoms with van der Waals surface area (Å²) in [5.74, 6) is 0.841. The molecule has 1 aliphatic rings. The molecule has 2 aromatic heterocycles. The van der Waals surface area contributed by atoms with E-state index in [-0.39, 0.29) is 12.6 Å². The van der Waals surface area contributed by atoms with Crippen molar-refractivity contribution >= 4 is 17.3 Å². The van der Waals surface area contributed by atoms with Crippen molar-refractivity contribution in [1.29, 1.82) is 0 Å². The van der Waals surface area contributed by atoms with Gasteiger partial charge in [0.15, 0.2) is 5.82 Å². The van der Waals surface area contributed by atoms with Crippen molar-refractivity contribution in [2.45, 2.75) is 31.2 Å². The van der Waals surface area contributed by atoms with E-state index in [9.17, 15) is 18.3 Å². The average molecular weight is 548 g/mol. The summed E-state index contributed by atoms with van der Waals surface area (Å²) in [6.07, 6.45) is -1.39. The summed E-state index contributed by atoms with van der Waals surface area (Å²) in [5.41, 5.74) is 1.01. The quantitative estimate of drug-likeness (QED) is 0.393. The molecule has 1 aromatic carbocycles. The number of ether oxygens (including phenoxy) is 2. The van der Waals surface area contributed by atoms with E-state index >= 15 is 0 Å². The van der Waals surface area contributed by atoms with Crippen LogP contribution in [0.25, 0.3) is 11.4 Å². The second-order valence-corrected chi connectivity index (χ2v) is 9.23. The molecular weight excluding hydrogens is 515 g/mol. The molecule has 210 valence electrons. The van der Waals surface area contributed by atoms with Crippen molar-refractivity contribution in [2.24, 2.45) is 0 Å². The number of hydrogen-bond acceptors (Lipinski definition) is 10. The number of likely N-dealkylation sites (N-methyl/N-ethyl adjacent to an activating group) is 1. The van der Waals surface area contributed by atoms with Gasteiger partial charge in [0.05, 0.1) is 18.1 Å². The molecule has 0 bridgehead atoms. The fraction of sp³-hybridized carbons (Fsp3) is 0.462. The van der Waals surface area contributed by atoms with Gasteiger partial charge >= 0.3 is 6.18 Å². The van der Waals surface area contributed by atoms with E-state index in [4.69, 9.17) is 19.4 Å². The van der Waals surface area contributed by atoms with Gasteiger partial charge in [0.25, 0.3) is 0 Å². The highest BCUT2D eigenvalue weighted by Crippen LogP contribution is 2.32. The van der Waals surface area contributed by atoms with E-state index in [1.807, 2.05) is 13.1 Å². The van der Waals surface area contributed by atoms with Crippen LogP contribution < -0.4 is 19.9 Å². The van der Waals surface area contributed by atoms with Crippen LogP contribution in [0.5, 0.6) is 5.75 Å². The van der Waals surface area contributed by atoms with Gasteiger partial charge in [-0.1, -0.05) is 12.1 Å². The highest BCUT2D eigenvalue weighted by Gasteiger charge is 2.34. The number of rotatable bonds is 10. The highest BCUT2D eigenvalue weighted by molar-refractivity contribution is 5.67. The molecule has 2 N–H and O–H groups in total. The largest absolute Gasteiger partial charge is 0.491 e. The highest BCUT2D eigenvalue weighted by atomic mass is 19.4. The molecule has 39 heavy (non-hydrogen) atoms. The van der Waals surface area contributed by atoms with Crippen molar-refractivity contribution < 1.29 is 27.8 Å². The van der Waals surface area contributed by atoms with Crippen LogP contribution in [0.1, 0.15) is 18.7 Å². The van der Waals surface area contributed by atoms with E-state index in [1.54, 1.807) is 43.3 Å². The fourth-order valence-electron chi connectivity index (χ4n) is 4.15. The smallest absolute Gasteiger partial charge is 0.451 e. The van der Waals surface area contributed by atoms with Crippen LogP contribution in [0.3, 0.4) is 0 Å². The number of nitrogens with one attached hydrogen (secondary N) is 1. The van der Waals surface area contributed by atoms with E-state index < -0.39 is 18.1 Å². The lowest BCUT2D eigenvalue weighted by Gasteiger charge is -2.32. The fourth-order valence-corrected chi connectivity index (χ4v) is 4.15. The predicted molar refractivity (Wildman–Crippen MR) is 140 cm³/mol. The number of aliphatic hydroxyl groups is 1. The Morgan fingerprint density at radius 3 is 2.46 bits per heavy atom. The first-order valence-electron chi connectivity index (χ1n) is 12.5. The van der Waals surface area contributed by atoms with Gasteiger partial charge in [0.2, 0.25) is 5.82 Å². The number of hydrogen-bond donors (Lipinski definition) is 2. The minimum Gasteiger partial charge on any atom is -0.491 e. The maximum Gasteiger partial charge on any atom is 0.451 e. The summed E-state index contributed by atoms with van der Waals surface area (Å²) < 4.78 is 50.2. The SMILES string of the molecule is CNCC(O)COc1cccc(-c2nc(N(C)c3cnc(C(F)(F)F)nc3)cc(N(C)C3CCOCC3)n2)c1. The first kappa shape index (κ1) is 28.5. The molecule has 0 saturated carbocycles. The summed E-state index contributed by atoms with van der Waals surface area (Å²) in [4.78, 5) is 20.2. The molecule has 0 amide bonds. The van der Waals surface area contributed by atoms with Crippen molar-refractivity contribution in [3.8, 4) is 17.1 Å². The normalized spacial score (nSPS) is 15.2. The van der Waals surface area contributed by atoms with Gasteiger partial charge in [-0.2, -0.15) is 13.2 Å². The van der Waals surface area contributed by atoms with Crippen LogP contribution in [0, 0.1) is 0 Å². The second kappa shape index (κ2) is 12.5. The number of aliphatic hydroxyl groups excluding tert-OH is 1. The standard InChI is InChI=1S/C26H32F3N7O3/c1-30-15-20(37)16-39-21-6-4-5-17(11-21)24-33-22(35(2)18-7-9-38-10-8-18)12-23(34-24)36(3)19-13-31-25(32-14-19)26(27,28)29/h4-6,11-14,18,20,30,37H,7-10,15-16H2,1-3H3. The first-order valence-corrected chi connectivity index (χ1v) is 12.5. The molecular formula is C26H32F3N7O3. The summed E-state index contributed by atoms with van der Waals surface area (Å²) in [5, 5.41) is 12.9. The zero-order valence-electron chi connectivity index (χ0n) is 22.0. The number of halogens is 3. The number of aromatic nitrogens is 4. The minimum absolute atomic E-state index is 0.111. The minimum atomic E-state index is -4.63. The molecule has 1 unspecified atom stereocenters. The van der Waals surface area contributed by atoms with Crippen molar-refractivity contribution in [1.82, 2.24) is 25.3 Å². The summed E-state index contributed by atoms with van der Waals surface area (Å²) in [6, 6.07) is 9.20. The third-order valence-electron chi connectivity index (χ3n) is 6.40. The second-order valence-electron chi connectivity index (χ2n) is 9.23. The zero-order valence-corrected chi connectivity index (χ0v) is 22.0. The Hall–Kier alpha value is -3.55. The van der Waals surface area contributed by atoms with E-state index in [0.29, 0.717) is 54.2 Å². The lowest BCUT2D eigenvalue weighted by molar-refractivity contribution is -0.144. The Kier molecular flexibility index (Phi) is 9.15. The van der Waals surface area contributed by atoms with Crippen LogP contribution in [0.15, 0.2) is 42.7 Å². The van der Waals surface area contributed by atoms with Gasteiger partial charge in [0, 0.05) is 51.5 Å². The third-order valence-corrected chi connectivity index (χ3v) is 6.40. The Morgan fingerprint density at radius 1 is 1.10 bits per heavy atom. The predicted octanol–water partition coefficient (Wildman–Crippen LogP) is 3.29. The van der Waals surface area contributed by atoms with Gasteiger partial charge < -0.3 is 29.7 Å². The molecule has 1 aliphatic heterocycles. The molecule has 1 saturated heterocycles. The topological polar surface area (TPSA) is 109 Å². The average Bonchev–Trinajstić information content (AvgIpc) is 2.95. The lowest BCUT2D eigenvalue weighted by atomic mass is 10.1. The van der Waals surface area contributed by atoms with Crippen molar-refractivity contribution in [2.75, 3.05) is 57.3 Å². The van der Waals surface area contributed by atoms with Gasteiger partial charge in [-0.3, -0.25) is 0 Å². The van der Waals surface area contributed by atoms with Gasteiger partial charge in [0.1, 0.15) is 30.1 Å². The molecule has 4 rings (SSSR count). The van der Waals surface area contributed by atoms with Crippen LogP contribution >= 0.6 is 0 Å². The maximum absolute atomic E-state index is 13.0. The molecule has 0 aliphatic carbocycles. The Balaban J connectivity index is 1.68. The molecule has 3 aromatic rings. The summed E-state index contributed by atoms with van der Waals surface area (Å²) in [7, 11) is 5.38. The van der Waals surface area contributed by atoms with Gasteiger partial charge in [-0.15, -0.1) is 0 Å². The number of benzene rings is 1. The van der Waals surface area contributed by atoms with Crippen LogP contribution in [0.2, 0.25) is 0 Å². The van der Waals surface area contributed by atoms with Crippen molar-refractivity contribution in [3.63, 3.8) is 0 Å². The Morgan fingerprint density at radius 2 is 1.79 bits per heavy atom. The number of nitrogens with zero attached hydrogens (tertiary/aromatic N) is 6. The monoisotopic (exact) mass is 547 g/mol. The van der Waals surface area contributed by atoms with Crippen molar-refractivity contribution in [3.05, 3.63) is 48.5 Å². The van der Waals surface area contributed by atoms with Crippen LogP contribution in [0.4, 0.5) is 30.5 Å².